The van der Waals surface area contributed by atoms with Gasteiger partial charge in [0.25, 0.3) is 0 Å². The number of aromatic nitrogens is 1. The third-order valence-electron chi connectivity index (χ3n) is 3.31. The van der Waals surface area contributed by atoms with Crippen LogP contribution in [0.25, 0.3) is 0 Å². The Hall–Kier alpha value is -1.13. The molecule has 4 heteroatoms. The highest BCUT2D eigenvalue weighted by molar-refractivity contribution is 5.46. The van der Waals surface area contributed by atoms with Gasteiger partial charge in [-0.05, 0) is 32.6 Å². The van der Waals surface area contributed by atoms with Crippen molar-refractivity contribution in [2.45, 2.75) is 19.4 Å². The Kier molecular flexibility index (Phi) is 4.55. The first-order valence-corrected chi connectivity index (χ1v) is 6.64. The molecular formula is C14H23N3O. The first kappa shape index (κ1) is 13.3. The molecule has 1 aromatic heterocycles. The molecule has 2 heterocycles. The maximum absolute atomic E-state index is 5.59. The standard InChI is InChI=1S/C14H23N3O/c1-4-12-5-6-13(9-15-12)17-7-8-18-11-14(17)10-16(2)3/h5-6,9,14H,4,7-8,10-11H2,1-3H3/t14-/m0/s1. The molecule has 1 aromatic rings. The highest BCUT2D eigenvalue weighted by Gasteiger charge is 2.23. The van der Waals surface area contributed by atoms with Crippen molar-refractivity contribution in [2.24, 2.45) is 0 Å². The molecule has 0 saturated carbocycles. The van der Waals surface area contributed by atoms with Crippen LogP contribution in [0.4, 0.5) is 5.69 Å². The van der Waals surface area contributed by atoms with Gasteiger partial charge in [0, 0.05) is 18.8 Å². The summed E-state index contributed by atoms with van der Waals surface area (Å²) in [7, 11) is 4.20. The second kappa shape index (κ2) is 6.16. The average Bonchev–Trinajstić information content (AvgIpc) is 2.39. The fourth-order valence-electron chi connectivity index (χ4n) is 2.36. The van der Waals surface area contributed by atoms with Crippen LogP contribution < -0.4 is 4.90 Å². The molecule has 1 saturated heterocycles. The molecule has 0 bridgehead atoms. The van der Waals surface area contributed by atoms with Crippen LogP contribution in [-0.4, -0.2) is 56.3 Å². The average molecular weight is 249 g/mol. The van der Waals surface area contributed by atoms with Crippen LogP contribution in [0, 0.1) is 0 Å². The molecule has 1 aliphatic rings. The molecule has 1 fully saturated rings. The van der Waals surface area contributed by atoms with Crippen LogP contribution in [0.2, 0.25) is 0 Å². The number of likely N-dealkylation sites (N-methyl/N-ethyl adjacent to an activating group) is 1. The SMILES string of the molecule is CCc1ccc(N2CCOC[C@@H]2CN(C)C)cn1. The number of morpholine rings is 1. The highest BCUT2D eigenvalue weighted by Crippen LogP contribution is 2.19. The molecule has 0 aliphatic carbocycles. The molecule has 18 heavy (non-hydrogen) atoms. The molecule has 1 atom stereocenters. The van der Waals surface area contributed by atoms with E-state index in [1.807, 2.05) is 6.20 Å². The van der Waals surface area contributed by atoms with Crippen LogP contribution in [0.3, 0.4) is 0 Å². The molecule has 0 aromatic carbocycles. The summed E-state index contributed by atoms with van der Waals surface area (Å²) in [6.45, 7) is 5.69. The van der Waals surface area contributed by atoms with E-state index in [0.29, 0.717) is 6.04 Å². The minimum atomic E-state index is 0.419. The van der Waals surface area contributed by atoms with E-state index in [1.54, 1.807) is 0 Å². The fraction of sp³-hybridized carbons (Fsp3) is 0.643. The predicted octanol–water partition coefficient (Wildman–Crippen LogP) is 1.41. The van der Waals surface area contributed by atoms with Crippen molar-refractivity contribution < 1.29 is 4.74 Å². The molecule has 0 spiro atoms. The minimum absolute atomic E-state index is 0.419. The number of hydrogen-bond acceptors (Lipinski definition) is 4. The van der Waals surface area contributed by atoms with Crippen molar-refractivity contribution in [3.8, 4) is 0 Å². The van der Waals surface area contributed by atoms with Crippen molar-refractivity contribution in [3.63, 3.8) is 0 Å². The van der Waals surface area contributed by atoms with E-state index in [9.17, 15) is 0 Å². The van der Waals surface area contributed by atoms with E-state index >= 15 is 0 Å². The zero-order valence-corrected chi connectivity index (χ0v) is 11.6. The number of nitrogens with zero attached hydrogens (tertiary/aromatic N) is 3. The number of pyridine rings is 1. The second-order valence-corrected chi connectivity index (χ2v) is 5.05. The van der Waals surface area contributed by atoms with Crippen LogP contribution >= 0.6 is 0 Å². The number of hydrogen-bond donors (Lipinski definition) is 0. The molecule has 0 N–H and O–H groups in total. The highest BCUT2D eigenvalue weighted by atomic mass is 16.5. The summed E-state index contributed by atoms with van der Waals surface area (Å²) in [4.78, 5) is 9.11. The number of anilines is 1. The summed E-state index contributed by atoms with van der Waals surface area (Å²) in [6, 6.07) is 4.72. The first-order chi connectivity index (χ1) is 8.70. The lowest BCUT2D eigenvalue weighted by atomic mass is 10.2. The first-order valence-electron chi connectivity index (χ1n) is 6.64. The van der Waals surface area contributed by atoms with Crippen molar-refractivity contribution in [2.75, 3.05) is 45.3 Å². The van der Waals surface area contributed by atoms with Gasteiger partial charge in [-0.3, -0.25) is 4.98 Å². The molecule has 0 unspecified atom stereocenters. The number of ether oxygens (including phenoxy) is 1. The van der Waals surface area contributed by atoms with Gasteiger partial charge in [-0.2, -0.15) is 0 Å². The third-order valence-corrected chi connectivity index (χ3v) is 3.31. The molecule has 100 valence electrons. The third kappa shape index (κ3) is 3.21. The molecule has 2 rings (SSSR count). The van der Waals surface area contributed by atoms with Crippen molar-refractivity contribution >= 4 is 5.69 Å². The van der Waals surface area contributed by atoms with Crippen LogP contribution in [0.15, 0.2) is 18.3 Å². The molecule has 0 radical (unpaired) electrons. The Morgan fingerprint density at radius 2 is 2.28 bits per heavy atom. The molecular weight excluding hydrogens is 226 g/mol. The van der Waals surface area contributed by atoms with Crippen molar-refractivity contribution in [1.29, 1.82) is 0 Å². The maximum Gasteiger partial charge on any atom is 0.0683 e. The largest absolute Gasteiger partial charge is 0.377 e. The lowest BCUT2D eigenvalue weighted by molar-refractivity contribution is 0.0854. The van der Waals surface area contributed by atoms with Crippen molar-refractivity contribution in [1.82, 2.24) is 9.88 Å². The van der Waals surface area contributed by atoms with Gasteiger partial charge in [-0.15, -0.1) is 0 Å². The smallest absolute Gasteiger partial charge is 0.0683 e. The normalized spacial score (nSPS) is 20.4. The fourth-order valence-corrected chi connectivity index (χ4v) is 2.36. The van der Waals surface area contributed by atoms with E-state index in [-0.39, 0.29) is 0 Å². The monoisotopic (exact) mass is 249 g/mol. The summed E-state index contributed by atoms with van der Waals surface area (Å²) in [6.07, 6.45) is 2.98. The van der Waals surface area contributed by atoms with E-state index in [4.69, 9.17) is 4.74 Å². The topological polar surface area (TPSA) is 28.6 Å². The summed E-state index contributed by atoms with van der Waals surface area (Å²) in [5.74, 6) is 0. The van der Waals surface area contributed by atoms with E-state index < -0.39 is 0 Å². The van der Waals surface area contributed by atoms with Crippen molar-refractivity contribution in [3.05, 3.63) is 24.0 Å². The Labute approximate surface area is 110 Å². The van der Waals surface area contributed by atoms with Gasteiger partial charge in [-0.1, -0.05) is 6.92 Å². The zero-order valence-electron chi connectivity index (χ0n) is 11.6. The summed E-state index contributed by atoms with van der Waals surface area (Å²) in [5.41, 5.74) is 2.36. The molecule has 0 amide bonds. The minimum Gasteiger partial charge on any atom is -0.377 e. The number of aryl methyl sites for hydroxylation is 1. The Balaban J connectivity index is 2.11. The predicted molar refractivity (Wildman–Crippen MR) is 74.1 cm³/mol. The van der Waals surface area contributed by atoms with Gasteiger partial charge in [0.2, 0.25) is 0 Å². The summed E-state index contributed by atoms with van der Waals surface area (Å²) < 4.78 is 5.59. The van der Waals surface area contributed by atoms with Crippen LogP contribution in [0.5, 0.6) is 0 Å². The lowest BCUT2D eigenvalue weighted by Crippen LogP contribution is -2.50. The van der Waals surface area contributed by atoms with Gasteiger partial charge in [-0.25, -0.2) is 0 Å². The maximum atomic E-state index is 5.59. The quantitative estimate of drug-likeness (QED) is 0.807. The lowest BCUT2D eigenvalue weighted by Gasteiger charge is -2.38. The van der Waals surface area contributed by atoms with Crippen LogP contribution in [0.1, 0.15) is 12.6 Å². The van der Waals surface area contributed by atoms with E-state index in [0.717, 1.165) is 38.4 Å². The van der Waals surface area contributed by atoms with Gasteiger partial charge in [0.1, 0.15) is 0 Å². The summed E-state index contributed by atoms with van der Waals surface area (Å²) >= 11 is 0. The zero-order chi connectivity index (χ0) is 13.0. The Morgan fingerprint density at radius 3 is 2.89 bits per heavy atom. The van der Waals surface area contributed by atoms with Gasteiger partial charge in [0.05, 0.1) is 31.1 Å². The van der Waals surface area contributed by atoms with E-state index in [1.165, 1.54) is 5.69 Å². The molecule has 1 aliphatic heterocycles. The molecule has 4 nitrogen and oxygen atoms in total. The second-order valence-electron chi connectivity index (χ2n) is 5.05. The van der Waals surface area contributed by atoms with Gasteiger partial charge < -0.3 is 14.5 Å². The van der Waals surface area contributed by atoms with Crippen LogP contribution in [-0.2, 0) is 11.2 Å². The summed E-state index contributed by atoms with van der Waals surface area (Å²) in [5, 5.41) is 0. The van der Waals surface area contributed by atoms with Gasteiger partial charge >= 0.3 is 0 Å². The van der Waals surface area contributed by atoms with E-state index in [2.05, 4.69) is 47.9 Å². The van der Waals surface area contributed by atoms with Gasteiger partial charge in [0.15, 0.2) is 0 Å². The Morgan fingerprint density at radius 1 is 1.44 bits per heavy atom. The number of rotatable bonds is 4. The Bertz CT molecular complexity index is 364.